The maximum Gasteiger partial charge on any atom is 0.136 e. The molecule has 0 saturated heterocycles. The Morgan fingerprint density at radius 2 is 1.70 bits per heavy atom. The summed E-state index contributed by atoms with van der Waals surface area (Å²) in [7, 11) is 0. The minimum Gasteiger partial charge on any atom is -0.384 e. The van der Waals surface area contributed by atoms with Crippen LogP contribution in [0.4, 0.5) is 5.82 Å². The van der Waals surface area contributed by atoms with Gasteiger partial charge in [0, 0.05) is 17.0 Å². The van der Waals surface area contributed by atoms with Crippen molar-refractivity contribution in [1.29, 1.82) is 0 Å². The first kappa shape index (κ1) is 14.5. The third kappa shape index (κ3) is 3.35. The molecule has 106 valence electrons. The largest absolute Gasteiger partial charge is 0.384 e. The maximum atomic E-state index is 5.92. The molecule has 1 aromatic carbocycles. The maximum absolute atomic E-state index is 5.92. The van der Waals surface area contributed by atoms with Gasteiger partial charge in [-0.05, 0) is 12.0 Å². The number of aromatic nitrogens is 2. The van der Waals surface area contributed by atoms with Crippen molar-refractivity contribution in [2.75, 3.05) is 5.73 Å². The number of aryl methyl sites for hydroxylation is 1. The Bertz CT molecular complexity index is 580. The molecule has 0 aliphatic heterocycles. The number of hydrogen-bond donors (Lipinski definition) is 1. The van der Waals surface area contributed by atoms with Gasteiger partial charge in [-0.2, -0.15) is 0 Å². The van der Waals surface area contributed by atoms with Gasteiger partial charge in [0.25, 0.3) is 0 Å². The van der Waals surface area contributed by atoms with E-state index in [0.717, 1.165) is 29.9 Å². The molecule has 0 fully saturated rings. The molecule has 3 nitrogen and oxygen atoms in total. The Morgan fingerprint density at radius 1 is 1.05 bits per heavy atom. The molecular weight excluding hydrogens is 246 g/mol. The second-order valence-corrected chi connectivity index (χ2v) is 6.20. The van der Waals surface area contributed by atoms with Crippen LogP contribution in [0.1, 0.15) is 45.5 Å². The lowest BCUT2D eigenvalue weighted by atomic mass is 9.95. The van der Waals surface area contributed by atoms with E-state index in [1.165, 1.54) is 5.56 Å². The summed E-state index contributed by atoms with van der Waals surface area (Å²) >= 11 is 0. The van der Waals surface area contributed by atoms with Crippen molar-refractivity contribution in [3.05, 3.63) is 41.7 Å². The highest BCUT2D eigenvalue weighted by molar-refractivity contribution is 5.62. The van der Waals surface area contributed by atoms with Crippen LogP contribution < -0.4 is 5.73 Å². The quantitative estimate of drug-likeness (QED) is 0.917. The third-order valence-corrected chi connectivity index (χ3v) is 3.21. The minimum atomic E-state index is -0.105. The minimum absolute atomic E-state index is 0.105. The van der Waals surface area contributed by atoms with Gasteiger partial charge in [0.05, 0.1) is 5.69 Å². The van der Waals surface area contributed by atoms with Gasteiger partial charge >= 0.3 is 0 Å². The Morgan fingerprint density at radius 3 is 2.25 bits per heavy atom. The van der Waals surface area contributed by atoms with Crippen LogP contribution in [0.2, 0.25) is 0 Å². The van der Waals surface area contributed by atoms with Crippen molar-refractivity contribution >= 4 is 5.82 Å². The van der Waals surface area contributed by atoms with E-state index in [4.69, 9.17) is 5.73 Å². The average molecular weight is 269 g/mol. The summed E-state index contributed by atoms with van der Waals surface area (Å²) in [5, 5.41) is 0. The van der Waals surface area contributed by atoms with Gasteiger partial charge in [-0.3, -0.25) is 0 Å². The molecule has 1 aromatic heterocycles. The summed E-state index contributed by atoms with van der Waals surface area (Å²) < 4.78 is 0. The van der Waals surface area contributed by atoms with Crippen molar-refractivity contribution in [2.24, 2.45) is 0 Å². The first-order chi connectivity index (χ1) is 9.40. The van der Waals surface area contributed by atoms with Crippen molar-refractivity contribution in [2.45, 2.75) is 46.0 Å². The number of nitrogens with two attached hydrogens (primary N) is 1. The first-order valence-corrected chi connectivity index (χ1v) is 7.14. The lowest BCUT2D eigenvalue weighted by Gasteiger charge is -2.17. The fourth-order valence-electron chi connectivity index (χ4n) is 2.08. The smallest absolute Gasteiger partial charge is 0.136 e. The van der Waals surface area contributed by atoms with Gasteiger partial charge in [0.1, 0.15) is 11.6 Å². The van der Waals surface area contributed by atoms with Gasteiger partial charge in [-0.15, -0.1) is 0 Å². The molecule has 0 aliphatic carbocycles. The van der Waals surface area contributed by atoms with Crippen LogP contribution >= 0.6 is 0 Å². The molecule has 0 radical (unpaired) electrons. The lowest BCUT2D eigenvalue weighted by molar-refractivity contribution is 0.547. The molecule has 0 saturated carbocycles. The predicted octanol–water partition coefficient (Wildman–Crippen LogP) is 3.98. The normalized spacial score (nSPS) is 11.6. The Hall–Kier alpha value is -1.90. The van der Waals surface area contributed by atoms with Crippen LogP contribution in [0.5, 0.6) is 0 Å². The second-order valence-electron chi connectivity index (χ2n) is 6.20. The van der Waals surface area contributed by atoms with E-state index in [1.807, 2.05) is 6.07 Å². The molecule has 2 N–H and O–H groups in total. The van der Waals surface area contributed by atoms with E-state index in [-0.39, 0.29) is 5.41 Å². The molecule has 0 aliphatic rings. The SMILES string of the molecule is CCCc1ccc(-c2cc(N)nc(C(C)(C)C)n2)cc1. The van der Waals surface area contributed by atoms with Crippen LogP contribution in [0, 0.1) is 0 Å². The van der Waals surface area contributed by atoms with Gasteiger partial charge in [0.2, 0.25) is 0 Å². The zero-order chi connectivity index (χ0) is 14.8. The van der Waals surface area contributed by atoms with E-state index in [2.05, 4.69) is 61.9 Å². The highest BCUT2D eigenvalue weighted by atomic mass is 15.0. The number of anilines is 1. The zero-order valence-electron chi connectivity index (χ0n) is 12.8. The van der Waals surface area contributed by atoms with E-state index in [0.29, 0.717) is 5.82 Å². The van der Waals surface area contributed by atoms with Gasteiger partial charge in [-0.25, -0.2) is 9.97 Å². The number of rotatable bonds is 3. The van der Waals surface area contributed by atoms with E-state index < -0.39 is 0 Å². The predicted molar refractivity (Wildman–Crippen MR) is 84.6 cm³/mol. The number of hydrogen-bond acceptors (Lipinski definition) is 3. The molecule has 1 heterocycles. The van der Waals surface area contributed by atoms with Crippen LogP contribution in [-0.2, 0) is 11.8 Å². The second kappa shape index (κ2) is 5.61. The van der Waals surface area contributed by atoms with E-state index in [1.54, 1.807) is 0 Å². The first-order valence-electron chi connectivity index (χ1n) is 7.14. The van der Waals surface area contributed by atoms with Crippen molar-refractivity contribution in [3.8, 4) is 11.3 Å². The highest BCUT2D eigenvalue weighted by Gasteiger charge is 2.18. The summed E-state index contributed by atoms with van der Waals surface area (Å²) in [6.07, 6.45) is 2.27. The topological polar surface area (TPSA) is 51.8 Å². The molecule has 0 spiro atoms. The van der Waals surface area contributed by atoms with Gasteiger partial charge in [0.15, 0.2) is 0 Å². The van der Waals surface area contributed by atoms with E-state index in [9.17, 15) is 0 Å². The molecule has 2 rings (SSSR count). The standard InChI is InChI=1S/C17H23N3/c1-5-6-12-7-9-13(10-8-12)14-11-15(18)20-16(19-14)17(2,3)4/h7-11H,5-6H2,1-4H3,(H2,18,19,20). The molecule has 2 aromatic rings. The summed E-state index contributed by atoms with van der Waals surface area (Å²) in [6.45, 7) is 8.47. The van der Waals surface area contributed by atoms with Crippen molar-refractivity contribution in [1.82, 2.24) is 9.97 Å². The van der Waals surface area contributed by atoms with E-state index >= 15 is 0 Å². The van der Waals surface area contributed by atoms with Crippen molar-refractivity contribution in [3.63, 3.8) is 0 Å². The molecular formula is C17H23N3. The molecule has 3 heteroatoms. The number of nitrogens with zero attached hydrogens (tertiary/aromatic N) is 2. The average Bonchev–Trinajstić information content (AvgIpc) is 2.38. The van der Waals surface area contributed by atoms with Gasteiger partial charge < -0.3 is 5.73 Å². The fraction of sp³-hybridized carbons (Fsp3) is 0.412. The summed E-state index contributed by atoms with van der Waals surface area (Å²) in [5.41, 5.74) is 9.15. The highest BCUT2D eigenvalue weighted by Crippen LogP contribution is 2.25. The van der Waals surface area contributed by atoms with Gasteiger partial charge in [-0.1, -0.05) is 58.4 Å². The zero-order valence-corrected chi connectivity index (χ0v) is 12.8. The molecule has 0 bridgehead atoms. The number of benzene rings is 1. The molecule has 0 unspecified atom stereocenters. The molecule has 0 amide bonds. The fourth-order valence-corrected chi connectivity index (χ4v) is 2.08. The summed E-state index contributed by atoms with van der Waals surface area (Å²) in [4.78, 5) is 9.00. The Labute approximate surface area is 121 Å². The Kier molecular flexibility index (Phi) is 4.07. The Balaban J connectivity index is 2.39. The summed E-state index contributed by atoms with van der Waals surface area (Å²) in [6, 6.07) is 10.4. The number of nitrogen functional groups attached to an aromatic ring is 1. The van der Waals surface area contributed by atoms with Crippen LogP contribution in [0.25, 0.3) is 11.3 Å². The van der Waals surface area contributed by atoms with Crippen molar-refractivity contribution < 1.29 is 0 Å². The van der Waals surface area contributed by atoms with Crippen LogP contribution in [-0.4, -0.2) is 9.97 Å². The third-order valence-electron chi connectivity index (χ3n) is 3.21. The van der Waals surface area contributed by atoms with Crippen LogP contribution in [0.15, 0.2) is 30.3 Å². The molecule has 20 heavy (non-hydrogen) atoms. The van der Waals surface area contributed by atoms with Crippen LogP contribution in [0.3, 0.4) is 0 Å². The lowest BCUT2D eigenvalue weighted by Crippen LogP contribution is -2.17. The molecule has 0 atom stereocenters. The summed E-state index contributed by atoms with van der Waals surface area (Å²) in [5.74, 6) is 1.31. The monoisotopic (exact) mass is 269 g/mol.